The Kier molecular flexibility index (Phi) is 6.51. The van der Waals surface area contributed by atoms with Crippen LogP contribution in [0.5, 0.6) is 0 Å². The first-order valence-corrected chi connectivity index (χ1v) is 5.97. The Morgan fingerprint density at radius 2 is 2.11 bits per heavy atom. The average Bonchev–Trinajstić information content (AvgIpc) is 2.38. The molecule has 0 spiro atoms. The van der Waals surface area contributed by atoms with E-state index in [-0.39, 0.29) is 5.97 Å². The predicted octanol–water partition coefficient (Wildman–Crippen LogP) is 2.57. The lowest BCUT2D eigenvalue weighted by molar-refractivity contribution is -0.137. The Balaban J connectivity index is 2.36. The molecule has 1 rings (SSSR count). The molecule has 0 bridgehead atoms. The fourth-order valence-electron chi connectivity index (χ4n) is 1.36. The lowest BCUT2D eigenvalue weighted by Crippen LogP contribution is -2.02. The molecule has 0 heterocycles. The monoisotopic (exact) mass is 246 g/mol. The van der Waals surface area contributed by atoms with Crippen LogP contribution in [0.1, 0.15) is 18.9 Å². The minimum absolute atomic E-state index is 0.361. The van der Waals surface area contributed by atoms with Crippen molar-refractivity contribution >= 4 is 12.0 Å². The molecule has 3 heteroatoms. The topological polar surface area (TPSA) is 46.5 Å². The summed E-state index contributed by atoms with van der Waals surface area (Å²) in [5.41, 5.74) is 1.03. The quantitative estimate of drug-likeness (QED) is 0.620. The molecule has 0 aliphatic heterocycles. The van der Waals surface area contributed by atoms with Crippen molar-refractivity contribution in [2.75, 3.05) is 6.61 Å². The van der Waals surface area contributed by atoms with Gasteiger partial charge in [-0.15, -0.1) is 0 Å². The molecule has 0 saturated heterocycles. The second-order valence-electron chi connectivity index (χ2n) is 3.73. The second kappa shape index (κ2) is 8.25. The van der Waals surface area contributed by atoms with Crippen LogP contribution >= 0.6 is 0 Å². The van der Waals surface area contributed by atoms with Crippen molar-refractivity contribution < 1.29 is 14.6 Å². The van der Waals surface area contributed by atoms with Gasteiger partial charge in [0.05, 0.1) is 12.7 Å². The van der Waals surface area contributed by atoms with Crippen molar-refractivity contribution in [1.82, 2.24) is 0 Å². The fraction of sp³-hybridized carbons (Fsp3) is 0.267. The van der Waals surface area contributed by atoms with Crippen LogP contribution in [0, 0.1) is 0 Å². The van der Waals surface area contributed by atoms with Crippen LogP contribution < -0.4 is 0 Å². The SMILES string of the molecule is CCOC(=O)/C=C/C[C@@H](O)/C=C/c1ccccc1. The van der Waals surface area contributed by atoms with E-state index in [1.165, 1.54) is 6.08 Å². The summed E-state index contributed by atoms with van der Waals surface area (Å²) in [6.07, 6.45) is 6.28. The van der Waals surface area contributed by atoms with Gasteiger partial charge in [0.25, 0.3) is 0 Å². The first kappa shape index (κ1) is 14.2. The van der Waals surface area contributed by atoms with E-state index in [9.17, 15) is 9.90 Å². The minimum Gasteiger partial charge on any atom is -0.463 e. The number of rotatable bonds is 6. The van der Waals surface area contributed by atoms with Gasteiger partial charge in [0.15, 0.2) is 0 Å². The van der Waals surface area contributed by atoms with E-state index in [0.717, 1.165) is 5.56 Å². The maximum atomic E-state index is 11.0. The molecule has 96 valence electrons. The summed E-state index contributed by atoms with van der Waals surface area (Å²) in [6.45, 7) is 2.11. The van der Waals surface area contributed by atoms with Crippen molar-refractivity contribution in [1.29, 1.82) is 0 Å². The van der Waals surface area contributed by atoms with Gasteiger partial charge in [0.1, 0.15) is 0 Å². The maximum Gasteiger partial charge on any atom is 0.330 e. The highest BCUT2D eigenvalue weighted by atomic mass is 16.5. The Bertz CT molecular complexity index is 407. The highest BCUT2D eigenvalue weighted by molar-refractivity contribution is 5.81. The Hall–Kier alpha value is -1.87. The molecule has 1 N–H and O–H groups in total. The zero-order valence-corrected chi connectivity index (χ0v) is 10.5. The molecule has 0 aliphatic rings. The molecule has 0 fully saturated rings. The summed E-state index contributed by atoms with van der Waals surface area (Å²) >= 11 is 0. The van der Waals surface area contributed by atoms with Crippen molar-refractivity contribution in [2.45, 2.75) is 19.4 Å². The van der Waals surface area contributed by atoms with Gasteiger partial charge in [-0.2, -0.15) is 0 Å². The van der Waals surface area contributed by atoms with Gasteiger partial charge >= 0.3 is 5.97 Å². The number of benzene rings is 1. The van der Waals surface area contributed by atoms with Crippen LogP contribution in [0.2, 0.25) is 0 Å². The number of carbonyl (C=O) groups is 1. The first-order valence-electron chi connectivity index (χ1n) is 5.97. The van der Waals surface area contributed by atoms with E-state index >= 15 is 0 Å². The van der Waals surface area contributed by atoms with E-state index < -0.39 is 6.10 Å². The van der Waals surface area contributed by atoms with Crippen molar-refractivity contribution in [3.63, 3.8) is 0 Å². The Labute approximate surface area is 107 Å². The molecule has 18 heavy (non-hydrogen) atoms. The molecule has 0 radical (unpaired) electrons. The van der Waals surface area contributed by atoms with Crippen LogP contribution in [0.25, 0.3) is 6.08 Å². The maximum absolute atomic E-state index is 11.0. The van der Waals surface area contributed by atoms with Crippen LogP contribution in [0.3, 0.4) is 0 Å². The van der Waals surface area contributed by atoms with E-state index in [2.05, 4.69) is 0 Å². The third-order valence-electron chi connectivity index (χ3n) is 2.23. The zero-order valence-electron chi connectivity index (χ0n) is 10.5. The van der Waals surface area contributed by atoms with E-state index in [1.807, 2.05) is 36.4 Å². The Morgan fingerprint density at radius 1 is 1.39 bits per heavy atom. The van der Waals surface area contributed by atoms with Crippen LogP contribution in [-0.4, -0.2) is 23.8 Å². The molecular formula is C15H18O3. The van der Waals surface area contributed by atoms with E-state index in [1.54, 1.807) is 19.1 Å². The predicted molar refractivity (Wildman–Crippen MR) is 71.9 cm³/mol. The van der Waals surface area contributed by atoms with Crippen molar-refractivity contribution in [3.8, 4) is 0 Å². The van der Waals surface area contributed by atoms with Crippen molar-refractivity contribution in [2.24, 2.45) is 0 Å². The van der Waals surface area contributed by atoms with Crippen LogP contribution in [-0.2, 0) is 9.53 Å². The van der Waals surface area contributed by atoms with Gasteiger partial charge < -0.3 is 9.84 Å². The summed E-state index contributed by atoms with van der Waals surface area (Å²) in [4.78, 5) is 11.0. The van der Waals surface area contributed by atoms with Crippen molar-refractivity contribution in [3.05, 3.63) is 54.1 Å². The van der Waals surface area contributed by atoms with Gasteiger partial charge in [-0.3, -0.25) is 0 Å². The molecular weight excluding hydrogens is 228 g/mol. The average molecular weight is 246 g/mol. The Morgan fingerprint density at radius 3 is 2.78 bits per heavy atom. The second-order valence-corrected chi connectivity index (χ2v) is 3.73. The number of hydrogen-bond acceptors (Lipinski definition) is 3. The fourth-order valence-corrected chi connectivity index (χ4v) is 1.36. The number of carbonyl (C=O) groups excluding carboxylic acids is 1. The number of hydrogen-bond donors (Lipinski definition) is 1. The largest absolute Gasteiger partial charge is 0.463 e. The van der Waals surface area contributed by atoms with Gasteiger partial charge in [-0.05, 0) is 18.9 Å². The third-order valence-corrected chi connectivity index (χ3v) is 2.23. The lowest BCUT2D eigenvalue weighted by atomic mass is 10.1. The number of ether oxygens (including phenoxy) is 1. The number of aliphatic hydroxyl groups excluding tert-OH is 1. The first-order chi connectivity index (χ1) is 8.72. The standard InChI is InChI=1S/C15H18O3/c1-2-18-15(17)10-6-9-14(16)12-11-13-7-4-3-5-8-13/h3-8,10-12,14,16H,2,9H2,1H3/b10-6+,12-11+/t14-/m1/s1. The third kappa shape index (κ3) is 6.01. The summed E-state index contributed by atoms with van der Waals surface area (Å²) in [5.74, 6) is -0.378. The minimum atomic E-state index is -0.601. The molecule has 1 atom stereocenters. The molecule has 0 saturated carbocycles. The summed E-state index contributed by atoms with van der Waals surface area (Å²) in [5, 5.41) is 9.66. The zero-order chi connectivity index (χ0) is 13.2. The molecule has 0 aliphatic carbocycles. The van der Waals surface area contributed by atoms with Gasteiger partial charge in [0, 0.05) is 6.08 Å². The smallest absolute Gasteiger partial charge is 0.330 e. The highest BCUT2D eigenvalue weighted by Gasteiger charge is 1.97. The summed E-state index contributed by atoms with van der Waals surface area (Å²) in [6, 6.07) is 9.73. The summed E-state index contributed by atoms with van der Waals surface area (Å²) in [7, 11) is 0. The molecule has 0 aromatic heterocycles. The normalized spacial score (nSPS) is 13.0. The molecule has 0 amide bonds. The summed E-state index contributed by atoms with van der Waals surface area (Å²) < 4.78 is 4.73. The van der Waals surface area contributed by atoms with E-state index in [4.69, 9.17) is 4.74 Å². The van der Waals surface area contributed by atoms with Gasteiger partial charge in [-0.25, -0.2) is 4.79 Å². The molecule has 3 nitrogen and oxygen atoms in total. The van der Waals surface area contributed by atoms with Crippen LogP contribution in [0.15, 0.2) is 48.6 Å². The molecule has 1 aromatic carbocycles. The van der Waals surface area contributed by atoms with Gasteiger partial charge in [0.2, 0.25) is 0 Å². The highest BCUT2D eigenvalue weighted by Crippen LogP contribution is 2.04. The van der Waals surface area contributed by atoms with E-state index in [0.29, 0.717) is 13.0 Å². The lowest BCUT2D eigenvalue weighted by Gasteiger charge is -2.00. The van der Waals surface area contributed by atoms with Crippen LogP contribution in [0.4, 0.5) is 0 Å². The van der Waals surface area contributed by atoms with Gasteiger partial charge in [-0.1, -0.05) is 48.6 Å². The molecule has 1 aromatic rings. The molecule has 0 unspecified atom stereocenters. The number of aliphatic hydroxyl groups is 1. The number of esters is 1.